The average molecular weight is 336 g/mol. The second-order valence-corrected chi connectivity index (χ2v) is 6.78. The summed E-state index contributed by atoms with van der Waals surface area (Å²) < 4.78 is 18.7. The number of hydrogen-bond donors (Lipinski definition) is 0. The molecule has 0 N–H and O–H groups in total. The zero-order valence-electron chi connectivity index (χ0n) is 15.1. The zero-order chi connectivity index (χ0) is 17.5. The van der Waals surface area contributed by atoms with E-state index in [2.05, 4.69) is 4.90 Å². The number of benzene rings is 1. The lowest BCUT2D eigenvalue weighted by Gasteiger charge is -2.28. The Morgan fingerprint density at radius 3 is 2.46 bits per heavy atom. The van der Waals surface area contributed by atoms with Gasteiger partial charge in [0.25, 0.3) is 0 Å². The molecule has 5 heteroatoms. The molecule has 0 bridgehead atoms. The molecule has 0 aliphatic heterocycles. The molecular weight excluding hydrogens is 307 g/mol. The number of halogens is 1. The van der Waals surface area contributed by atoms with Crippen LogP contribution in [0.15, 0.2) is 18.2 Å². The zero-order valence-corrected chi connectivity index (χ0v) is 15.1. The molecule has 1 fully saturated rings. The number of likely N-dealkylation sites (N-methyl/N-ethyl adjacent to an activating group) is 2. The van der Waals surface area contributed by atoms with E-state index >= 15 is 0 Å². The fourth-order valence-corrected chi connectivity index (χ4v) is 3.33. The van der Waals surface area contributed by atoms with E-state index in [4.69, 9.17) is 4.74 Å². The predicted octanol–water partition coefficient (Wildman–Crippen LogP) is 3.45. The van der Waals surface area contributed by atoms with Crippen molar-refractivity contribution < 1.29 is 13.9 Å². The van der Waals surface area contributed by atoms with Gasteiger partial charge in [-0.25, -0.2) is 4.39 Å². The van der Waals surface area contributed by atoms with Gasteiger partial charge in [0.05, 0.1) is 13.7 Å². The first-order valence-electron chi connectivity index (χ1n) is 8.78. The van der Waals surface area contributed by atoms with Crippen LogP contribution in [0.25, 0.3) is 0 Å². The van der Waals surface area contributed by atoms with Crippen LogP contribution in [0.2, 0.25) is 0 Å². The number of nitrogens with zero attached hydrogens (tertiary/aromatic N) is 2. The Morgan fingerprint density at radius 1 is 1.21 bits per heavy atom. The van der Waals surface area contributed by atoms with Crippen molar-refractivity contribution in [1.29, 1.82) is 0 Å². The number of amides is 1. The Bertz CT molecular complexity index is 542. The second kappa shape index (κ2) is 9.02. The molecule has 1 aliphatic carbocycles. The van der Waals surface area contributed by atoms with Crippen LogP contribution < -0.4 is 4.74 Å². The van der Waals surface area contributed by atoms with Crippen LogP contribution >= 0.6 is 0 Å². The normalized spacial score (nSPS) is 16.0. The number of carbonyl (C=O) groups excluding carboxylic acids is 1. The summed E-state index contributed by atoms with van der Waals surface area (Å²) in [6.45, 7) is 0.818. The van der Waals surface area contributed by atoms with Gasteiger partial charge >= 0.3 is 0 Å². The number of carbonyl (C=O) groups is 1. The minimum Gasteiger partial charge on any atom is -0.494 e. The SMILES string of the molecule is COc1ccc(CN(C)C(=O)CN(C)C2CCCCCC2)cc1F. The van der Waals surface area contributed by atoms with Gasteiger partial charge in [-0.05, 0) is 37.6 Å². The molecule has 134 valence electrons. The lowest BCUT2D eigenvalue weighted by atomic mass is 10.1. The van der Waals surface area contributed by atoms with Crippen LogP contribution in [-0.4, -0.2) is 49.5 Å². The highest BCUT2D eigenvalue weighted by molar-refractivity contribution is 5.78. The molecule has 24 heavy (non-hydrogen) atoms. The lowest BCUT2D eigenvalue weighted by molar-refractivity contribution is -0.131. The number of ether oxygens (including phenoxy) is 1. The van der Waals surface area contributed by atoms with E-state index in [-0.39, 0.29) is 11.7 Å². The van der Waals surface area contributed by atoms with Gasteiger partial charge < -0.3 is 9.64 Å². The van der Waals surface area contributed by atoms with E-state index in [0.717, 1.165) is 5.56 Å². The maximum atomic E-state index is 13.8. The van der Waals surface area contributed by atoms with Crippen molar-refractivity contribution in [3.05, 3.63) is 29.6 Å². The predicted molar refractivity (Wildman–Crippen MR) is 93.5 cm³/mol. The third-order valence-electron chi connectivity index (χ3n) is 4.89. The van der Waals surface area contributed by atoms with Gasteiger partial charge in [-0.3, -0.25) is 9.69 Å². The molecule has 0 heterocycles. The van der Waals surface area contributed by atoms with Crippen molar-refractivity contribution in [2.45, 2.75) is 51.1 Å². The van der Waals surface area contributed by atoms with E-state index in [0.29, 0.717) is 19.1 Å². The first-order chi connectivity index (χ1) is 11.5. The number of hydrogen-bond acceptors (Lipinski definition) is 3. The van der Waals surface area contributed by atoms with Crippen LogP contribution in [0.4, 0.5) is 4.39 Å². The first kappa shape index (κ1) is 18.7. The van der Waals surface area contributed by atoms with Crippen molar-refractivity contribution in [3.8, 4) is 5.75 Å². The fraction of sp³-hybridized carbons (Fsp3) is 0.632. The third-order valence-corrected chi connectivity index (χ3v) is 4.89. The van der Waals surface area contributed by atoms with Gasteiger partial charge in [-0.2, -0.15) is 0 Å². The van der Waals surface area contributed by atoms with Crippen molar-refractivity contribution in [2.75, 3.05) is 27.7 Å². The van der Waals surface area contributed by atoms with Crippen molar-refractivity contribution in [2.24, 2.45) is 0 Å². The molecule has 0 unspecified atom stereocenters. The van der Waals surface area contributed by atoms with E-state index in [1.54, 1.807) is 24.1 Å². The topological polar surface area (TPSA) is 32.8 Å². The molecule has 0 radical (unpaired) electrons. The molecule has 0 saturated heterocycles. The summed E-state index contributed by atoms with van der Waals surface area (Å²) in [6.07, 6.45) is 7.48. The highest BCUT2D eigenvalue weighted by Gasteiger charge is 2.20. The Morgan fingerprint density at radius 2 is 1.88 bits per heavy atom. The Labute approximate surface area is 144 Å². The number of rotatable bonds is 6. The van der Waals surface area contributed by atoms with Gasteiger partial charge in [-0.1, -0.05) is 31.7 Å². The highest BCUT2D eigenvalue weighted by atomic mass is 19.1. The molecule has 2 rings (SSSR count). The molecule has 0 atom stereocenters. The summed E-state index contributed by atoms with van der Waals surface area (Å²) in [5, 5.41) is 0. The summed E-state index contributed by atoms with van der Waals surface area (Å²) in [7, 11) is 5.25. The molecule has 1 amide bonds. The van der Waals surface area contributed by atoms with E-state index < -0.39 is 5.82 Å². The molecule has 1 aliphatic rings. The molecule has 0 aromatic heterocycles. The van der Waals surface area contributed by atoms with Gasteiger partial charge in [0, 0.05) is 19.6 Å². The largest absolute Gasteiger partial charge is 0.494 e. The lowest BCUT2D eigenvalue weighted by Crippen LogP contribution is -2.41. The molecule has 1 saturated carbocycles. The number of methoxy groups -OCH3 is 1. The first-order valence-corrected chi connectivity index (χ1v) is 8.78. The quantitative estimate of drug-likeness (QED) is 0.746. The fourth-order valence-electron chi connectivity index (χ4n) is 3.33. The van der Waals surface area contributed by atoms with Gasteiger partial charge in [-0.15, -0.1) is 0 Å². The Kier molecular flexibility index (Phi) is 7.03. The minimum absolute atomic E-state index is 0.0676. The third kappa shape index (κ3) is 5.20. The standard InChI is InChI=1S/C19H29FN2O2/c1-21(16-8-6-4-5-7-9-16)14-19(23)22(2)13-15-10-11-18(24-3)17(20)12-15/h10-12,16H,4-9,13-14H2,1-3H3. The Balaban J connectivity index is 1.88. The summed E-state index contributed by atoms with van der Waals surface area (Å²) in [5.74, 6) is -0.106. The van der Waals surface area contributed by atoms with Gasteiger partial charge in [0.15, 0.2) is 11.6 Å². The Hall–Kier alpha value is -1.62. The van der Waals surface area contributed by atoms with E-state index in [9.17, 15) is 9.18 Å². The summed E-state index contributed by atoms with van der Waals surface area (Å²) in [6, 6.07) is 5.32. The molecule has 4 nitrogen and oxygen atoms in total. The van der Waals surface area contributed by atoms with Crippen molar-refractivity contribution in [1.82, 2.24) is 9.80 Å². The second-order valence-electron chi connectivity index (χ2n) is 6.78. The van der Waals surface area contributed by atoms with E-state index in [1.807, 2.05) is 7.05 Å². The van der Waals surface area contributed by atoms with Gasteiger partial charge in [0.2, 0.25) is 5.91 Å². The van der Waals surface area contributed by atoms with E-state index in [1.165, 1.54) is 51.7 Å². The van der Waals surface area contributed by atoms with Crippen molar-refractivity contribution in [3.63, 3.8) is 0 Å². The highest BCUT2D eigenvalue weighted by Crippen LogP contribution is 2.21. The summed E-state index contributed by atoms with van der Waals surface area (Å²) in [4.78, 5) is 16.3. The molecule has 1 aromatic carbocycles. The van der Waals surface area contributed by atoms with Crippen molar-refractivity contribution >= 4 is 5.91 Å². The molecule has 1 aromatic rings. The van der Waals surface area contributed by atoms with Crippen LogP contribution in [0, 0.1) is 5.82 Å². The molecular formula is C19H29FN2O2. The minimum atomic E-state index is -0.397. The maximum Gasteiger partial charge on any atom is 0.236 e. The maximum absolute atomic E-state index is 13.8. The van der Waals surface area contributed by atoms with Crippen LogP contribution in [0.3, 0.4) is 0 Å². The van der Waals surface area contributed by atoms with Crippen LogP contribution in [0.5, 0.6) is 5.75 Å². The molecule has 0 spiro atoms. The van der Waals surface area contributed by atoms with Crippen LogP contribution in [-0.2, 0) is 11.3 Å². The van der Waals surface area contributed by atoms with Gasteiger partial charge in [0.1, 0.15) is 0 Å². The average Bonchev–Trinajstić information content (AvgIpc) is 2.84. The monoisotopic (exact) mass is 336 g/mol. The summed E-state index contributed by atoms with van der Waals surface area (Å²) >= 11 is 0. The smallest absolute Gasteiger partial charge is 0.236 e. The van der Waals surface area contributed by atoms with Crippen LogP contribution in [0.1, 0.15) is 44.1 Å². The summed E-state index contributed by atoms with van der Waals surface area (Å²) in [5.41, 5.74) is 0.765.